The SMILES string of the molecule is Cc1nc(C)c(C(=O)N2CCC(c3nccn3Cc3nccn3Cc3ccccc3)CC2)s1. The number of aromatic nitrogens is 5. The summed E-state index contributed by atoms with van der Waals surface area (Å²) < 4.78 is 4.41. The molecule has 0 saturated carbocycles. The molecule has 0 atom stereocenters. The van der Waals surface area contributed by atoms with Crippen molar-refractivity contribution in [1.29, 1.82) is 0 Å². The molecule has 0 aliphatic carbocycles. The van der Waals surface area contributed by atoms with Crippen LogP contribution in [0.3, 0.4) is 0 Å². The molecule has 0 radical (unpaired) electrons. The lowest BCUT2D eigenvalue weighted by molar-refractivity contribution is 0.0714. The fraction of sp³-hybridized carbons (Fsp3) is 0.360. The number of carbonyl (C=O) groups is 1. The number of nitrogens with zero attached hydrogens (tertiary/aromatic N) is 6. The normalized spacial score (nSPS) is 14.7. The van der Waals surface area contributed by atoms with Crippen LogP contribution in [0.1, 0.15) is 56.3 Å². The molecule has 1 amide bonds. The molecule has 0 spiro atoms. The van der Waals surface area contributed by atoms with Crippen molar-refractivity contribution < 1.29 is 4.79 Å². The van der Waals surface area contributed by atoms with Gasteiger partial charge in [0.05, 0.1) is 17.2 Å². The van der Waals surface area contributed by atoms with Gasteiger partial charge >= 0.3 is 0 Å². The minimum atomic E-state index is 0.114. The highest BCUT2D eigenvalue weighted by molar-refractivity contribution is 7.13. The maximum Gasteiger partial charge on any atom is 0.265 e. The van der Waals surface area contributed by atoms with Gasteiger partial charge < -0.3 is 14.0 Å². The molecule has 170 valence electrons. The first-order valence-electron chi connectivity index (χ1n) is 11.4. The van der Waals surface area contributed by atoms with E-state index in [1.165, 1.54) is 16.9 Å². The van der Waals surface area contributed by atoms with Crippen LogP contribution in [0.25, 0.3) is 0 Å². The summed E-state index contributed by atoms with van der Waals surface area (Å²) in [5.41, 5.74) is 2.09. The van der Waals surface area contributed by atoms with Crippen molar-refractivity contribution in [2.75, 3.05) is 13.1 Å². The molecule has 1 fully saturated rings. The van der Waals surface area contributed by atoms with Crippen molar-refractivity contribution in [3.63, 3.8) is 0 Å². The average Bonchev–Trinajstić information content (AvgIpc) is 3.55. The highest BCUT2D eigenvalue weighted by atomic mass is 32.1. The van der Waals surface area contributed by atoms with E-state index in [0.29, 0.717) is 12.5 Å². The second-order valence-electron chi connectivity index (χ2n) is 8.58. The van der Waals surface area contributed by atoms with Gasteiger partial charge in [-0.3, -0.25) is 4.79 Å². The van der Waals surface area contributed by atoms with E-state index in [-0.39, 0.29) is 5.91 Å². The summed E-state index contributed by atoms with van der Waals surface area (Å²) in [5.74, 6) is 2.55. The summed E-state index contributed by atoms with van der Waals surface area (Å²) in [5, 5.41) is 0.943. The van der Waals surface area contributed by atoms with E-state index >= 15 is 0 Å². The number of thiazole rings is 1. The van der Waals surface area contributed by atoms with Crippen molar-refractivity contribution in [3.8, 4) is 0 Å². The van der Waals surface area contributed by atoms with Crippen molar-refractivity contribution >= 4 is 17.2 Å². The predicted molar refractivity (Wildman–Crippen MR) is 129 cm³/mol. The highest BCUT2D eigenvalue weighted by Gasteiger charge is 2.28. The molecule has 0 bridgehead atoms. The molecule has 5 rings (SSSR count). The summed E-state index contributed by atoms with van der Waals surface area (Å²) in [6.45, 7) is 6.85. The van der Waals surface area contributed by atoms with Crippen LogP contribution in [0.5, 0.6) is 0 Å². The lowest BCUT2D eigenvalue weighted by Gasteiger charge is -2.31. The molecule has 4 aromatic rings. The van der Waals surface area contributed by atoms with Gasteiger partial charge in [0.1, 0.15) is 16.5 Å². The van der Waals surface area contributed by atoms with Crippen LogP contribution in [0.2, 0.25) is 0 Å². The number of carbonyl (C=O) groups excluding carboxylic acids is 1. The van der Waals surface area contributed by atoms with Crippen LogP contribution in [-0.2, 0) is 13.1 Å². The highest BCUT2D eigenvalue weighted by Crippen LogP contribution is 2.29. The average molecular weight is 461 g/mol. The van der Waals surface area contributed by atoms with Crippen molar-refractivity contribution in [3.05, 3.63) is 87.9 Å². The first kappa shape index (κ1) is 21.6. The number of aryl methyl sites for hydroxylation is 2. The Morgan fingerprint density at radius 2 is 1.73 bits per heavy atom. The molecule has 1 aromatic carbocycles. The molecule has 33 heavy (non-hydrogen) atoms. The van der Waals surface area contributed by atoms with E-state index in [9.17, 15) is 4.79 Å². The lowest BCUT2D eigenvalue weighted by atomic mass is 9.95. The monoisotopic (exact) mass is 460 g/mol. The molecule has 1 aliphatic rings. The standard InChI is InChI=1S/C25H28N6OS/c1-18-23(33-19(2)28-18)25(32)29-12-8-21(9-13-29)24-27-11-15-31(24)17-22-26-10-14-30(22)16-20-6-4-3-5-7-20/h3-7,10-11,14-15,21H,8-9,12-13,16-17H2,1-2H3. The first-order chi connectivity index (χ1) is 16.1. The van der Waals surface area contributed by atoms with E-state index in [1.54, 1.807) is 0 Å². The Bertz CT molecular complexity index is 1230. The molecule has 3 aromatic heterocycles. The number of rotatable bonds is 6. The Balaban J connectivity index is 1.25. The van der Waals surface area contributed by atoms with Gasteiger partial charge in [-0.2, -0.15) is 0 Å². The van der Waals surface area contributed by atoms with Crippen LogP contribution < -0.4 is 0 Å². The fourth-order valence-corrected chi connectivity index (χ4v) is 5.48. The molecule has 1 aliphatic heterocycles. The Hall–Kier alpha value is -3.26. The van der Waals surface area contributed by atoms with Crippen molar-refractivity contribution in [2.24, 2.45) is 0 Å². The van der Waals surface area contributed by atoms with Crippen molar-refractivity contribution in [2.45, 2.75) is 45.7 Å². The molecule has 8 heteroatoms. The number of benzene rings is 1. The smallest absolute Gasteiger partial charge is 0.265 e. The first-order valence-corrected chi connectivity index (χ1v) is 12.2. The van der Waals surface area contributed by atoms with E-state index in [0.717, 1.165) is 59.7 Å². The van der Waals surface area contributed by atoms with Gasteiger partial charge in [0.15, 0.2) is 0 Å². The van der Waals surface area contributed by atoms with Gasteiger partial charge in [0.2, 0.25) is 0 Å². The molecular formula is C25H28N6OS. The number of likely N-dealkylation sites (tertiary alicyclic amines) is 1. The predicted octanol–water partition coefficient (Wildman–Crippen LogP) is 4.27. The van der Waals surface area contributed by atoms with Crippen molar-refractivity contribution in [1.82, 2.24) is 29.0 Å². The number of hydrogen-bond acceptors (Lipinski definition) is 5. The third-order valence-corrected chi connectivity index (χ3v) is 7.36. The second kappa shape index (κ2) is 9.31. The Kier molecular flexibility index (Phi) is 6.09. The largest absolute Gasteiger partial charge is 0.338 e. The maximum atomic E-state index is 13.0. The van der Waals surface area contributed by atoms with Gasteiger partial charge in [0.25, 0.3) is 5.91 Å². The second-order valence-corrected chi connectivity index (χ2v) is 9.79. The zero-order chi connectivity index (χ0) is 22.8. The zero-order valence-corrected chi connectivity index (χ0v) is 19.8. The molecule has 7 nitrogen and oxygen atoms in total. The molecule has 4 heterocycles. The molecule has 1 saturated heterocycles. The Morgan fingerprint density at radius 1 is 1.00 bits per heavy atom. The summed E-state index contributed by atoms with van der Waals surface area (Å²) >= 11 is 1.49. The maximum absolute atomic E-state index is 13.0. The fourth-order valence-electron chi connectivity index (χ4n) is 4.60. The third-order valence-electron chi connectivity index (χ3n) is 6.30. The van der Waals surface area contributed by atoms with Crippen LogP contribution in [0.4, 0.5) is 0 Å². The molecular weight excluding hydrogens is 432 g/mol. The van der Waals surface area contributed by atoms with Crippen LogP contribution in [0.15, 0.2) is 55.1 Å². The van der Waals surface area contributed by atoms with E-state index in [2.05, 4.69) is 43.4 Å². The van der Waals surface area contributed by atoms with Gasteiger partial charge in [-0.25, -0.2) is 15.0 Å². The topological polar surface area (TPSA) is 68.8 Å². The Labute approximate surface area is 197 Å². The summed E-state index contributed by atoms with van der Waals surface area (Å²) in [6.07, 6.45) is 9.64. The van der Waals surface area contributed by atoms with Gasteiger partial charge in [-0.1, -0.05) is 30.3 Å². The number of imidazole rings is 2. The van der Waals surface area contributed by atoms with Crippen LogP contribution in [0, 0.1) is 13.8 Å². The van der Waals surface area contributed by atoms with E-state index in [4.69, 9.17) is 4.98 Å². The van der Waals surface area contributed by atoms with E-state index in [1.807, 2.05) is 49.6 Å². The minimum Gasteiger partial charge on any atom is -0.338 e. The molecule has 0 N–H and O–H groups in total. The van der Waals surface area contributed by atoms with Crippen LogP contribution in [-0.4, -0.2) is 48.0 Å². The Morgan fingerprint density at radius 3 is 2.45 bits per heavy atom. The summed E-state index contributed by atoms with van der Waals surface area (Å²) in [7, 11) is 0. The minimum absolute atomic E-state index is 0.114. The number of amides is 1. The zero-order valence-electron chi connectivity index (χ0n) is 19.0. The van der Waals surface area contributed by atoms with Gasteiger partial charge in [-0.15, -0.1) is 11.3 Å². The summed E-state index contributed by atoms with van der Waals surface area (Å²) in [4.78, 5) is 29.4. The third kappa shape index (κ3) is 4.61. The summed E-state index contributed by atoms with van der Waals surface area (Å²) in [6, 6.07) is 10.4. The van der Waals surface area contributed by atoms with Crippen LogP contribution >= 0.6 is 11.3 Å². The van der Waals surface area contributed by atoms with E-state index < -0.39 is 0 Å². The van der Waals surface area contributed by atoms with Gasteiger partial charge in [0, 0.05) is 50.3 Å². The van der Waals surface area contributed by atoms with Gasteiger partial charge in [-0.05, 0) is 32.3 Å². The molecule has 0 unspecified atom stereocenters. The lowest BCUT2D eigenvalue weighted by Crippen LogP contribution is -2.38. The quantitative estimate of drug-likeness (QED) is 0.431. The number of hydrogen-bond donors (Lipinski definition) is 0. The number of piperidine rings is 1.